The van der Waals surface area contributed by atoms with Gasteiger partial charge in [-0.2, -0.15) is 5.10 Å². The van der Waals surface area contributed by atoms with E-state index in [0.29, 0.717) is 6.04 Å². The smallest absolute Gasteiger partial charge is 0.0644 e. The number of aromatic nitrogens is 2. The summed E-state index contributed by atoms with van der Waals surface area (Å²) in [7, 11) is 4.09. The predicted octanol–water partition coefficient (Wildman–Crippen LogP) is 2.49. The second-order valence-corrected chi connectivity index (χ2v) is 5.08. The molecule has 1 atom stereocenters. The molecule has 0 spiro atoms. The summed E-state index contributed by atoms with van der Waals surface area (Å²) in [5, 5.41) is 7.97. The van der Waals surface area contributed by atoms with Gasteiger partial charge in [0.15, 0.2) is 0 Å². The van der Waals surface area contributed by atoms with Gasteiger partial charge in [0.2, 0.25) is 0 Å². The van der Waals surface area contributed by atoms with Gasteiger partial charge in [0, 0.05) is 24.3 Å². The Labute approximate surface area is 98.2 Å². The van der Waals surface area contributed by atoms with Crippen LogP contribution in [0, 0.1) is 19.8 Å². The van der Waals surface area contributed by atoms with E-state index >= 15 is 0 Å². The normalized spacial score (nSPS) is 18.5. The first-order valence-corrected chi connectivity index (χ1v) is 6.30. The first-order valence-electron chi connectivity index (χ1n) is 6.30. The summed E-state index contributed by atoms with van der Waals surface area (Å²) in [6, 6.07) is 0.485. The number of nitrogens with zero attached hydrogens (tertiary/aromatic N) is 2. The summed E-state index contributed by atoms with van der Waals surface area (Å²) in [6.45, 7) is 4.29. The predicted molar refractivity (Wildman–Crippen MR) is 66.4 cm³/mol. The maximum Gasteiger partial charge on any atom is 0.0644 e. The van der Waals surface area contributed by atoms with Crippen molar-refractivity contribution < 1.29 is 0 Å². The lowest BCUT2D eigenvalue weighted by molar-refractivity contribution is 0.265. The van der Waals surface area contributed by atoms with Gasteiger partial charge in [-0.1, -0.05) is 19.3 Å². The Morgan fingerprint density at radius 2 is 2.12 bits per heavy atom. The molecule has 90 valence electrons. The van der Waals surface area contributed by atoms with Crippen molar-refractivity contribution >= 4 is 0 Å². The lowest BCUT2D eigenvalue weighted by Gasteiger charge is -2.29. The van der Waals surface area contributed by atoms with Crippen molar-refractivity contribution in [2.45, 2.75) is 45.6 Å². The lowest BCUT2D eigenvalue weighted by atomic mass is 9.79. The fraction of sp³-hybridized carbons (Fsp3) is 0.769. The summed E-state index contributed by atoms with van der Waals surface area (Å²) in [5.74, 6) is 0.927. The van der Waals surface area contributed by atoms with Crippen LogP contribution in [0.3, 0.4) is 0 Å². The molecule has 0 bridgehead atoms. The Morgan fingerprint density at radius 3 is 2.50 bits per heavy atom. The largest absolute Gasteiger partial charge is 0.313 e. The van der Waals surface area contributed by atoms with E-state index in [2.05, 4.69) is 31.3 Å². The van der Waals surface area contributed by atoms with Crippen molar-refractivity contribution in [1.82, 2.24) is 15.1 Å². The van der Waals surface area contributed by atoms with Gasteiger partial charge in [-0.3, -0.25) is 4.68 Å². The fourth-order valence-corrected chi connectivity index (χ4v) is 2.74. The molecule has 1 N–H and O–H groups in total. The van der Waals surface area contributed by atoms with E-state index in [1.54, 1.807) is 0 Å². The molecule has 0 aromatic carbocycles. The third kappa shape index (κ3) is 2.01. The minimum Gasteiger partial charge on any atom is -0.313 e. The third-order valence-corrected chi connectivity index (χ3v) is 4.06. The van der Waals surface area contributed by atoms with Gasteiger partial charge in [-0.05, 0) is 33.2 Å². The molecule has 0 saturated heterocycles. The van der Waals surface area contributed by atoms with E-state index in [1.807, 2.05) is 11.7 Å². The van der Waals surface area contributed by atoms with E-state index < -0.39 is 0 Å². The molecule has 1 aromatic heterocycles. The highest BCUT2D eigenvalue weighted by molar-refractivity contribution is 5.28. The molecule has 16 heavy (non-hydrogen) atoms. The topological polar surface area (TPSA) is 29.9 Å². The van der Waals surface area contributed by atoms with E-state index in [0.717, 1.165) is 5.92 Å². The number of hydrogen-bond donors (Lipinski definition) is 1. The Hall–Kier alpha value is -0.830. The Kier molecular flexibility index (Phi) is 3.33. The summed E-state index contributed by atoms with van der Waals surface area (Å²) in [5.41, 5.74) is 3.90. The number of nitrogens with one attached hydrogen (secondary N) is 1. The van der Waals surface area contributed by atoms with Crippen LogP contribution >= 0.6 is 0 Å². The summed E-state index contributed by atoms with van der Waals surface area (Å²) < 4.78 is 2.00. The average molecular weight is 221 g/mol. The maximum atomic E-state index is 4.51. The van der Waals surface area contributed by atoms with E-state index in [9.17, 15) is 0 Å². The molecule has 1 fully saturated rings. The van der Waals surface area contributed by atoms with E-state index in [4.69, 9.17) is 0 Å². The van der Waals surface area contributed by atoms with Crippen LogP contribution in [0.2, 0.25) is 0 Å². The van der Waals surface area contributed by atoms with Crippen molar-refractivity contribution in [2.24, 2.45) is 13.0 Å². The molecule has 1 aromatic rings. The summed E-state index contributed by atoms with van der Waals surface area (Å²) in [4.78, 5) is 0. The fourth-order valence-electron chi connectivity index (χ4n) is 2.74. The number of rotatable bonds is 4. The standard InChI is InChI=1S/C13H23N3/c1-9-13(10(2)16(4)15-9)12(14-3)8-11-6-5-7-11/h11-12,14H,5-8H2,1-4H3. The van der Waals surface area contributed by atoms with Gasteiger partial charge in [-0.25, -0.2) is 0 Å². The van der Waals surface area contributed by atoms with Crippen LogP contribution in [0.15, 0.2) is 0 Å². The quantitative estimate of drug-likeness (QED) is 0.846. The molecule has 1 unspecified atom stereocenters. The molecule has 1 saturated carbocycles. The molecule has 3 nitrogen and oxygen atoms in total. The number of hydrogen-bond acceptors (Lipinski definition) is 2. The van der Waals surface area contributed by atoms with Crippen LogP contribution in [0.5, 0.6) is 0 Å². The number of aryl methyl sites for hydroxylation is 2. The second kappa shape index (κ2) is 4.58. The highest BCUT2D eigenvalue weighted by atomic mass is 15.3. The van der Waals surface area contributed by atoms with Crippen LogP contribution in [0.25, 0.3) is 0 Å². The molecule has 1 aliphatic carbocycles. The SMILES string of the molecule is CNC(CC1CCC1)c1c(C)nn(C)c1C. The zero-order valence-corrected chi connectivity index (χ0v) is 10.9. The van der Waals surface area contributed by atoms with Gasteiger partial charge in [-0.15, -0.1) is 0 Å². The molecule has 0 amide bonds. The van der Waals surface area contributed by atoms with Gasteiger partial charge in [0.05, 0.1) is 5.69 Å². The van der Waals surface area contributed by atoms with Crippen LogP contribution in [-0.4, -0.2) is 16.8 Å². The van der Waals surface area contributed by atoms with Crippen molar-refractivity contribution in [3.8, 4) is 0 Å². The molecule has 3 heteroatoms. The molecular formula is C13H23N3. The third-order valence-electron chi connectivity index (χ3n) is 4.06. The highest BCUT2D eigenvalue weighted by Gasteiger charge is 2.25. The Morgan fingerprint density at radius 1 is 1.44 bits per heavy atom. The average Bonchev–Trinajstić information content (AvgIpc) is 2.42. The molecule has 1 aliphatic rings. The molecular weight excluding hydrogens is 198 g/mol. The van der Waals surface area contributed by atoms with Crippen LogP contribution in [-0.2, 0) is 7.05 Å². The maximum absolute atomic E-state index is 4.51. The lowest BCUT2D eigenvalue weighted by Crippen LogP contribution is -2.24. The van der Waals surface area contributed by atoms with Crippen LogP contribution in [0.4, 0.5) is 0 Å². The van der Waals surface area contributed by atoms with Crippen molar-refractivity contribution in [3.05, 3.63) is 17.0 Å². The van der Waals surface area contributed by atoms with Crippen LogP contribution < -0.4 is 5.32 Å². The van der Waals surface area contributed by atoms with Crippen molar-refractivity contribution in [1.29, 1.82) is 0 Å². The second-order valence-electron chi connectivity index (χ2n) is 5.08. The summed E-state index contributed by atoms with van der Waals surface area (Å²) in [6.07, 6.45) is 5.52. The first kappa shape index (κ1) is 11.6. The summed E-state index contributed by atoms with van der Waals surface area (Å²) >= 11 is 0. The molecule has 0 radical (unpaired) electrons. The molecule has 0 aliphatic heterocycles. The van der Waals surface area contributed by atoms with E-state index in [1.165, 1.54) is 42.6 Å². The van der Waals surface area contributed by atoms with Crippen molar-refractivity contribution in [3.63, 3.8) is 0 Å². The zero-order valence-electron chi connectivity index (χ0n) is 10.9. The molecule has 1 heterocycles. The van der Waals surface area contributed by atoms with Gasteiger partial charge < -0.3 is 5.32 Å². The first-order chi connectivity index (χ1) is 7.63. The minimum atomic E-state index is 0.485. The van der Waals surface area contributed by atoms with E-state index in [-0.39, 0.29) is 0 Å². The van der Waals surface area contributed by atoms with Gasteiger partial charge >= 0.3 is 0 Å². The van der Waals surface area contributed by atoms with Crippen molar-refractivity contribution in [2.75, 3.05) is 7.05 Å². The zero-order chi connectivity index (χ0) is 11.7. The molecule has 2 rings (SSSR count). The Balaban J connectivity index is 2.17. The highest BCUT2D eigenvalue weighted by Crippen LogP contribution is 2.36. The van der Waals surface area contributed by atoms with Gasteiger partial charge in [0.25, 0.3) is 0 Å². The Bertz CT molecular complexity index is 363. The van der Waals surface area contributed by atoms with Crippen LogP contribution in [0.1, 0.15) is 48.7 Å². The minimum absolute atomic E-state index is 0.485. The van der Waals surface area contributed by atoms with Gasteiger partial charge in [0.1, 0.15) is 0 Å². The monoisotopic (exact) mass is 221 g/mol.